The fourth-order valence-corrected chi connectivity index (χ4v) is 3.45. The van der Waals surface area contributed by atoms with Gasteiger partial charge in [-0.15, -0.1) is 0 Å². The van der Waals surface area contributed by atoms with Crippen LogP contribution in [0.4, 0.5) is 0 Å². The number of rotatable bonds is 4. The number of aromatic nitrogens is 1. The smallest absolute Gasteiger partial charge is 0.145 e. The Hall–Kier alpha value is -2.75. The summed E-state index contributed by atoms with van der Waals surface area (Å²) in [4.78, 5) is 3.99. The predicted octanol–water partition coefficient (Wildman–Crippen LogP) is 5.30. The van der Waals surface area contributed by atoms with Gasteiger partial charge in [-0.2, -0.15) is 0 Å². The molecule has 1 aliphatic carbocycles. The van der Waals surface area contributed by atoms with E-state index >= 15 is 0 Å². The van der Waals surface area contributed by atoms with Gasteiger partial charge in [0, 0.05) is 29.8 Å². The lowest BCUT2D eigenvalue weighted by atomic mass is 9.74. The summed E-state index contributed by atoms with van der Waals surface area (Å²) >= 11 is 0. The van der Waals surface area contributed by atoms with Crippen LogP contribution in [-0.2, 0) is 0 Å². The van der Waals surface area contributed by atoms with E-state index in [-0.39, 0.29) is 23.3 Å². The highest BCUT2D eigenvalue weighted by molar-refractivity contribution is 5.54. The van der Waals surface area contributed by atoms with E-state index in [9.17, 15) is 10.2 Å². The van der Waals surface area contributed by atoms with Crippen LogP contribution in [0, 0.1) is 5.92 Å². The molecule has 1 aromatic heterocycles. The van der Waals surface area contributed by atoms with Gasteiger partial charge >= 0.3 is 0 Å². The van der Waals surface area contributed by atoms with Crippen LogP contribution in [0.5, 0.6) is 23.0 Å². The van der Waals surface area contributed by atoms with Gasteiger partial charge < -0.3 is 14.9 Å². The molecule has 0 saturated carbocycles. The van der Waals surface area contributed by atoms with Crippen LogP contribution in [0.2, 0.25) is 0 Å². The molecule has 2 aromatic rings. The zero-order chi connectivity index (χ0) is 18.0. The lowest BCUT2D eigenvalue weighted by molar-refractivity contribution is 0.398. The van der Waals surface area contributed by atoms with Crippen molar-refractivity contribution in [2.24, 2.45) is 5.92 Å². The molecule has 1 heterocycles. The van der Waals surface area contributed by atoms with Gasteiger partial charge in [-0.3, -0.25) is 4.98 Å². The second kappa shape index (κ2) is 7.01. The number of allylic oxidation sites excluding steroid dienone is 3. The fourth-order valence-electron chi connectivity index (χ4n) is 3.45. The van der Waals surface area contributed by atoms with Gasteiger partial charge in [0.2, 0.25) is 0 Å². The van der Waals surface area contributed by atoms with Crippen molar-refractivity contribution in [1.82, 2.24) is 4.98 Å². The highest BCUT2D eigenvalue weighted by Gasteiger charge is 2.30. The van der Waals surface area contributed by atoms with Crippen molar-refractivity contribution in [2.75, 3.05) is 0 Å². The Balaban J connectivity index is 1.97. The molecule has 3 rings (SSSR count). The Morgan fingerprint density at radius 1 is 1.24 bits per heavy atom. The van der Waals surface area contributed by atoms with Crippen molar-refractivity contribution in [3.05, 3.63) is 66.0 Å². The summed E-state index contributed by atoms with van der Waals surface area (Å²) in [6, 6.07) is 6.60. The molecule has 0 unspecified atom stereocenters. The van der Waals surface area contributed by atoms with Gasteiger partial charge in [0.05, 0.1) is 6.20 Å². The maximum Gasteiger partial charge on any atom is 0.145 e. The van der Waals surface area contributed by atoms with Crippen LogP contribution in [-0.4, -0.2) is 15.2 Å². The van der Waals surface area contributed by atoms with Crippen molar-refractivity contribution in [1.29, 1.82) is 0 Å². The summed E-state index contributed by atoms with van der Waals surface area (Å²) in [5, 5.41) is 21.1. The van der Waals surface area contributed by atoms with Crippen molar-refractivity contribution in [3.8, 4) is 23.0 Å². The van der Waals surface area contributed by atoms with E-state index in [2.05, 4.69) is 24.6 Å². The van der Waals surface area contributed by atoms with Crippen LogP contribution in [0.3, 0.4) is 0 Å². The van der Waals surface area contributed by atoms with Crippen LogP contribution in [0.25, 0.3) is 0 Å². The van der Waals surface area contributed by atoms with Gasteiger partial charge in [-0.1, -0.05) is 23.8 Å². The molecule has 0 saturated heterocycles. The second-order valence-electron chi connectivity index (χ2n) is 6.70. The van der Waals surface area contributed by atoms with Gasteiger partial charge in [-0.05, 0) is 44.7 Å². The summed E-state index contributed by atoms with van der Waals surface area (Å²) < 4.78 is 5.66. The number of aromatic hydroxyl groups is 2. The van der Waals surface area contributed by atoms with E-state index in [0.717, 1.165) is 18.4 Å². The van der Waals surface area contributed by atoms with Crippen molar-refractivity contribution in [3.63, 3.8) is 0 Å². The third kappa shape index (κ3) is 3.68. The van der Waals surface area contributed by atoms with E-state index in [4.69, 9.17) is 4.74 Å². The van der Waals surface area contributed by atoms with E-state index in [1.165, 1.54) is 17.7 Å². The number of ether oxygens (including phenoxy) is 1. The van der Waals surface area contributed by atoms with Gasteiger partial charge in [-0.25, -0.2) is 0 Å². The Bertz CT molecular complexity index is 788. The largest absolute Gasteiger partial charge is 0.507 e. The Morgan fingerprint density at radius 3 is 2.56 bits per heavy atom. The highest BCUT2D eigenvalue weighted by Crippen LogP contribution is 2.47. The number of phenolic OH excluding ortho intramolecular Hbond substituents is 2. The lowest BCUT2D eigenvalue weighted by Crippen LogP contribution is -2.17. The summed E-state index contributed by atoms with van der Waals surface area (Å²) in [7, 11) is 0. The number of hydrogen-bond donors (Lipinski definition) is 2. The zero-order valence-electron chi connectivity index (χ0n) is 14.6. The zero-order valence-corrected chi connectivity index (χ0v) is 14.6. The molecule has 0 bridgehead atoms. The molecule has 2 N–H and O–H groups in total. The van der Waals surface area contributed by atoms with Crippen molar-refractivity contribution < 1.29 is 14.9 Å². The first-order chi connectivity index (χ1) is 12.0. The molecule has 130 valence electrons. The quantitative estimate of drug-likeness (QED) is 0.743. The molecule has 0 aliphatic heterocycles. The first-order valence-electron chi connectivity index (χ1n) is 8.42. The molecule has 25 heavy (non-hydrogen) atoms. The minimum absolute atomic E-state index is 0.0288. The maximum absolute atomic E-state index is 10.6. The Morgan fingerprint density at radius 2 is 1.96 bits per heavy atom. The first kappa shape index (κ1) is 17.1. The Kier molecular flexibility index (Phi) is 4.79. The molecule has 0 radical (unpaired) electrons. The number of nitrogens with zero attached hydrogens (tertiary/aromatic N) is 1. The van der Waals surface area contributed by atoms with E-state index in [1.54, 1.807) is 24.5 Å². The average Bonchev–Trinajstić information content (AvgIpc) is 2.55. The van der Waals surface area contributed by atoms with Crippen LogP contribution >= 0.6 is 0 Å². The minimum atomic E-state index is -0.0845. The molecule has 1 aliphatic rings. The summed E-state index contributed by atoms with van der Waals surface area (Å²) in [6.07, 6.45) is 7.33. The third-order valence-electron chi connectivity index (χ3n) is 4.69. The monoisotopic (exact) mass is 337 g/mol. The summed E-state index contributed by atoms with van der Waals surface area (Å²) in [6.45, 7) is 8.17. The predicted molar refractivity (Wildman–Crippen MR) is 98.1 cm³/mol. The van der Waals surface area contributed by atoms with Gasteiger partial charge in [0.25, 0.3) is 0 Å². The number of benzene rings is 1. The molecular formula is C21H23NO3. The minimum Gasteiger partial charge on any atom is -0.507 e. The Labute approximate surface area is 148 Å². The second-order valence-corrected chi connectivity index (χ2v) is 6.70. The third-order valence-corrected chi connectivity index (χ3v) is 4.69. The fraction of sp³-hybridized carbons (Fsp3) is 0.286. The maximum atomic E-state index is 10.6. The van der Waals surface area contributed by atoms with Crippen molar-refractivity contribution >= 4 is 0 Å². The van der Waals surface area contributed by atoms with Crippen LogP contribution < -0.4 is 4.74 Å². The lowest BCUT2D eigenvalue weighted by Gasteiger charge is -2.31. The number of pyridine rings is 1. The van der Waals surface area contributed by atoms with Gasteiger partial charge in [0.1, 0.15) is 23.0 Å². The van der Waals surface area contributed by atoms with Crippen LogP contribution in [0.1, 0.15) is 38.2 Å². The van der Waals surface area contributed by atoms with Crippen LogP contribution in [0.15, 0.2) is 60.5 Å². The molecular weight excluding hydrogens is 314 g/mol. The average molecular weight is 337 g/mol. The molecule has 0 spiro atoms. The molecule has 4 heteroatoms. The van der Waals surface area contributed by atoms with Gasteiger partial charge in [0.15, 0.2) is 0 Å². The standard InChI is InChI=1S/C21H23NO3/c1-13(2)17-7-6-14(3)9-18(17)21-19(23)10-16(11-20(21)24)25-15-5-4-8-22-12-15/h4-5,8-12,17-18,23-24H,1,6-7H2,2-3H3/t17-,18+/m0/s1. The van der Waals surface area contributed by atoms with E-state index < -0.39 is 0 Å². The molecule has 0 fully saturated rings. The molecule has 4 nitrogen and oxygen atoms in total. The summed E-state index contributed by atoms with van der Waals surface area (Å²) in [5.41, 5.74) is 2.85. The van der Waals surface area contributed by atoms with E-state index in [1.807, 2.05) is 6.92 Å². The molecule has 2 atom stereocenters. The molecule has 1 aromatic carbocycles. The van der Waals surface area contributed by atoms with E-state index in [0.29, 0.717) is 17.1 Å². The normalized spacial score (nSPS) is 20.0. The summed E-state index contributed by atoms with van der Waals surface area (Å²) in [5.74, 6) is 1.09. The number of phenols is 2. The first-order valence-corrected chi connectivity index (χ1v) is 8.42. The highest BCUT2D eigenvalue weighted by atomic mass is 16.5. The van der Waals surface area contributed by atoms with Crippen molar-refractivity contribution in [2.45, 2.75) is 32.6 Å². The SMILES string of the molecule is C=C(C)[C@@H]1CCC(C)=C[C@H]1c1c(O)cc(Oc2cccnc2)cc1O. The topological polar surface area (TPSA) is 62.6 Å². The molecule has 0 amide bonds. The number of hydrogen-bond acceptors (Lipinski definition) is 4.